The molecule has 0 radical (unpaired) electrons. The average Bonchev–Trinajstić information content (AvgIpc) is 2.25. The highest BCUT2D eigenvalue weighted by molar-refractivity contribution is 5.92. The van der Waals surface area contributed by atoms with E-state index in [1.807, 2.05) is 0 Å². The summed E-state index contributed by atoms with van der Waals surface area (Å²) >= 11 is 0. The zero-order valence-corrected chi connectivity index (χ0v) is 8.32. The number of carbonyl (C=O) groups is 1. The van der Waals surface area contributed by atoms with Crippen LogP contribution in [-0.4, -0.2) is 23.0 Å². The predicted molar refractivity (Wildman–Crippen MR) is 47.2 cm³/mol. The fourth-order valence-electron chi connectivity index (χ4n) is 1.01. The highest BCUT2D eigenvalue weighted by Crippen LogP contribution is 2.30. The highest BCUT2D eigenvalue weighted by Gasteiger charge is 2.39. The molecule has 6 nitrogen and oxygen atoms in total. The van der Waals surface area contributed by atoms with Crippen LogP contribution in [0.2, 0.25) is 0 Å². The first kappa shape index (κ1) is 12.9. The zero-order chi connectivity index (χ0) is 13.2. The van der Waals surface area contributed by atoms with Gasteiger partial charge >= 0.3 is 18.0 Å². The van der Waals surface area contributed by atoms with Gasteiger partial charge in [0.15, 0.2) is 5.56 Å². The number of hydrogen-bond donors (Lipinski definition) is 0. The minimum Gasteiger partial charge on any atom is -0.465 e. The third-order valence-electron chi connectivity index (χ3n) is 1.74. The Morgan fingerprint density at radius 2 is 2.06 bits per heavy atom. The van der Waals surface area contributed by atoms with Gasteiger partial charge in [-0.25, -0.2) is 4.79 Å². The topological polar surface area (TPSA) is 82.3 Å². The molecule has 0 aliphatic rings. The molecule has 1 rings (SSSR count). The van der Waals surface area contributed by atoms with Crippen molar-refractivity contribution in [2.45, 2.75) is 6.18 Å². The zero-order valence-electron chi connectivity index (χ0n) is 8.32. The van der Waals surface area contributed by atoms with Crippen LogP contribution in [-0.2, 0) is 10.9 Å². The van der Waals surface area contributed by atoms with Crippen molar-refractivity contribution in [3.8, 4) is 0 Å². The van der Waals surface area contributed by atoms with E-state index >= 15 is 0 Å². The normalized spacial score (nSPS) is 11.1. The van der Waals surface area contributed by atoms with Gasteiger partial charge in [-0.15, -0.1) is 0 Å². The van der Waals surface area contributed by atoms with Crippen molar-refractivity contribution < 1.29 is 27.6 Å². The molecule has 0 fully saturated rings. The summed E-state index contributed by atoms with van der Waals surface area (Å²) in [6, 6.07) is 1.12. The molecule has 0 spiro atoms. The number of rotatable bonds is 2. The molecule has 0 aliphatic heterocycles. The van der Waals surface area contributed by atoms with Crippen molar-refractivity contribution in [3.63, 3.8) is 0 Å². The van der Waals surface area contributed by atoms with E-state index in [9.17, 15) is 28.1 Å². The first-order valence-electron chi connectivity index (χ1n) is 4.08. The molecule has 0 aromatic carbocycles. The number of methoxy groups -OCH3 is 1. The molecule has 1 aromatic rings. The molecule has 0 unspecified atom stereocenters. The van der Waals surface area contributed by atoms with Crippen molar-refractivity contribution in [3.05, 3.63) is 33.5 Å². The largest absolute Gasteiger partial charge is 0.465 e. The quantitative estimate of drug-likeness (QED) is 0.454. The smallest absolute Gasteiger partial charge is 0.457 e. The predicted octanol–water partition coefficient (Wildman–Crippen LogP) is 1.80. The SMILES string of the molecule is COC(=O)c1ccc(C(F)(F)F)nc1[N+](=O)[O-]. The standard InChI is InChI=1S/C8H5F3N2O4/c1-17-7(14)4-2-3-5(8(9,10)11)12-6(4)13(15)16/h2-3H,1H3. The number of halogens is 3. The number of alkyl halides is 3. The molecular weight excluding hydrogens is 245 g/mol. The van der Waals surface area contributed by atoms with Crippen LogP contribution in [0, 0.1) is 10.1 Å². The Morgan fingerprint density at radius 1 is 1.47 bits per heavy atom. The molecule has 0 saturated heterocycles. The summed E-state index contributed by atoms with van der Waals surface area (Å²) in [5.41, 5.74) is -2.08. The summed E-state index contributed by atoms with van der Waals surface area (Å²) < 4.78 is 40.9. The molecule has 1 aromatic heterocycles. The van der Waals surface area contributed by atoms with Crippen LogP contribution in [0.25, 0.3) is 0 Å². The molecule has 1 heterocycles. The second-order valence-corrected chi connectivity index (χ2v) is 2.81. The van der Waals surface area contributed by atoms with Crippen LogP contribution in [0.3, 0.4) is 0 Å². The Balaban J connectivity index is 3.37. The molecule has 0 atom stereocenters. The number of nitro groups is 1. The lowest BCUT2D eigenvalue weighted by Crippen LogP contribution is -2.13. The second-order valence-electron chi connectivity index (χ2n) is 2.81. The van der Waals surface area contributed by atoms with Gasteiger partial charge in [0.05, 0.1) is 7.11 Å². The van der Waals surface area contributed by atoms with Crippen molar-refractivity contribution in [2.24, 2.45) is 0 Å². The Morgan fingerprint density at radius 3 is 2.47 bits per heavy atom. The van der Waals surface area contributed by atoms with Crippen molar-refractivity contribution in [1.82, 2.24) is 4.98 Å². The number of aromatic nitrogens is 1. The van der Waals surface area contributed by atoms with E-state index in [0.717, 1.165) is 7.11 Å². The monoisotopic (exact) mass is 250 g/mol. The van der Waals surface area contributed by atoms with Gasteiger partial charge in [-0.2, -0.15) is 13.2 Å². The maximum absolute atomic E-state index is 12.2. The molecule has 0 amide bonds. The van der Waals surface area contributed by atoms with Crippen molar-refractivity contribution in [2.75, 3.05) is 7.11 Å². The Hall–Kier alpha value is -2.19. The fourth-order valence-corrected chi connectivity index (χ4v) is 1.01. The minimum atomic E-state index is -4.82. The van der Waals surface area contributed by atoms with E-state index in [1.54, 1.807) is 0 Å². The van der Waals surface area contributed by atoms with Gasteiger partial charge in [-0.3, -0.25) is 0 Å². The van der Waals surface area contributed by atoms with E-state index in [0.29, 0.717) is 12.1 Å². The molecule has 0 N–H and O–H groups in total. The molecular formula is C8H5F3N2O4. The summed E-state index contributed by atoms with van der Waals surface area (Å²) in [6.45, 7) is 0. The molecule has 17 heavy (non-hydrogen) atoms. The van der Waals surface area contributed by atoms with Crippen molar-refractivity contribution >= 4 is 11.8 Å². The Labute approximate surface area is 92.2 Å². The Kier molecular flexibility index (Phi) is 3.30. The summed E-state index contributed by atoms with van der Waals surface area (Å²) in [7, 11) is 0.948. The molecule has 0 saturated carbocycles. The van der Waals surface area contributed by atoms with Crippen LogP contribution in [0.15, 0.2) is 12.1 Å². The second kappa shape index (κ2) is 4.36. The summed E-state index contributed by atoms with van der Waals surface area (Å²) in [5, 5.41) is 10.5. The number of pyridine rings is 1. The fraction of sp³-hybridized carbons (Fsp3) is 0.250. The lowest BCUT2D eigenvalue weighted by Gasteiger charge is -2.04. The molecule has 9 heteroatoms. The van der Waals surface area contributed by atoms with Gasteiger partial charge in [0.2, 0.25) is 0 Å². The number of hydrogen-bond acceptors (Lipinski definition) is 5. The van der Waals surface area contributed by atoms with E-state index < -0.39 is 34.1 Å². The van der Waals surface area contributed by atoms with Gasteiger partial charge < -0.3 is 14.9 Å². The van der Waals surface area contributed by atoms with Gasteiger partial charge in [0.1, 0.15) is 0 Å². The number of esters is 1. The first-order chi connectivity index (χ1) is 7.77. The highest BCUT2D eigenvalue weighted by atomic mass is 19.4. The van der Waals surface area contributed by atoms with Crippen LogP contribution in [0.1, 0.15) is 16.1 Å². The molecule has 0 bridgehead atoms. The van der Waals surface area contributed by atoms with Crippen LogP contribution in [0.5, 0.6) is 0 Å². The lowest BCUT2D eigenvalue weighted by molar-refractivity contribution is -0.390. The van der Waals surface area contributed by atoms with E-state index in [4.69, 9.17) is 0 Å². The van der Waals surface area contributed by atoms with E-state index in [2.05, 4.69) is 9.72 Å². The maximum atomic E-state index is 12.2. The van der Waals surface area contributed by atoms with E-state index in [-0.39, 0.29) is 0 Å². The first-order valence-corrected chi connectivity index (χ1v) is 4.08. The lowest BCUT2D eigenvalue weighted by atomic mass is 10.2. The number of carbonyl (C=O) groups excluding carboxylic acids is 1. The summed E-state index contributed by atoms with van der Waals surface area (Å²) in [5.74, 6) is -2.32. The average molecular weight is 250 g/mol. The van der Waals surface area contributed by atoms with Gasteiger partial charge in [-0.05, 0) is 22.0 Å². The molecule has 92 valence electrons. The van der Waals surface area contributed by atoms with Gasteiger partial charge in [-0.1, -0.05) is 0 Å². The minimum absolute atomic E-state index is 0.471. The summed E-state index contributed by atoms with van der Waals surface area (Å²) in [6.07, 6.45) is -4.82. The Bertz CT molecular complexity index is 472. The van der Waals surface area contributed by atoms with Crippen molar-refractivity contribution in [1.29, 1.82) is 0 Å². The third kappa shape index (κ3) is 2.68. The van der Waals surface area contributed by atoms with Gasteiger partial charge in [0.25, 0.3) is 5.69 Å². The van der Waals surface area contributed by atoms with Gasteiger partial charge in [0, 0.05) is 0 Å². The van der Waals surface area contributed by atoms with E-state index in [1.165, 1.54) is 0 Å². The number of ether oxygens (including phenoxy) is 1. The van der Waals surface area contributed by atoms with Crippen LogP contribution >= 0.6 is 0 Å². The summed E-state index contributed by atoms with van der Waals surface area (Å²) in [4.78, 5) is 23.1. The molecule has 0 aliphatic carbocycles. The van der Waals surface area contributed by atoms with Crippen LogP contribution < -0.4 is 0 Å². The van der Waals surface area contributed by atoms with Crippen LogP contribution in [0.4, 0.5) is 19.0 Å². The number of nitrogens with zero attached hydrogens (tertiary/aromatic N) is 2. The third-order valence-corrected chi connectivity index (χ3v) is 1.74. The maximum Gasteiger partial charge on any atom is 0.457 e.